The van der Waals surface area contributed by atoms with Gasteiger partial charge in [-0.2, -0.15) is 4.98 Å². The number of hydrogen-bond acceptors (Lipinski definition) is 4. The van der Waals surface area contributed by atoms with Gasteiger partial charge in [0, 0.05) is 0 Å². The molecule has 5 heteroatoms. The van der Waals surface area contributed by atoms with Crippen molar-refractivity contribution in [2.75, 3.05) is 12.3 Å². The van der Waals surface area contributed by atoms with E-state index in [2.05, 4.69) is 9.97 Å². The molecule has 0 aliphatic carbocycles. The fourth-order valence-corrected chi connectivity index (χ4v) is 0.692. The van der Waals surface area contributed by atoms with E-state index in [1.54, 1.807) is 0 Å². The molecular weight excluding hydrogens is 146 g/mol. The van der Waals surface area contributed by atoms with E-state index in [1.807, 2.05) is 6.92 Å². The zero-order chi connectivity index (χ0) is 8.27. The van der Waals surface area contributed by atoms with Crippen molar-refractivity contribution in [3.8, 4) is 5.88 Å². The van der Waals surface area contributed by atoms with Gasteiger partial charge in [-0.1, -0.05) is 0 Å². The summed E-state index contributed by atoms with van der Waals surface area (Å²) in [5.41, 5.74) is 5.40. The molecule has 1 aromatic heterocycles. The summed E-state index contributed by atoms with van der Waals surface area (Å²) in [7, 11) is 0. The lowest BCUT2D eigenvalue weighted by molar-refractivity contribution is 0.111. The van der Waals surface area contributed by atoms with E-state index in [0.29, 0.717) is 12.9 Å². The van der Waals surface area contributed by atoms with Crippen LogP contribution in [0.2, 0.25) is 0 Å². The first kappa shape index (κ1) is 7.59. The molecule has 0 aliphatic rings. The molecule has 5 nitrogen and oxygen atoms in total. The van der Waals surface area contributed by atoms with Crippen LogP contribution in [0.3, 0.4) is 0 Å². The lowest BCUT2D eigenvalue weighted by Crippen LogP contribution is -1.95. The van der Waals surface area contributed by atoms with Crippen molar-refractivity contribution in [2.24, 2.45) is 0 Å². The minimum absolute atomic E-state index is 0.186. The van der Waals surface area contributed by atoms with Crippen LogP contribution in [0, 0.1) is 0 Å². The Hall–Kier alpha value is -1.52. The molecule has 1 aromatic rings. The molecule has 0 spiro atoms. The SMILES string of the molecule is CCOc1nc(C=O)[nH]c1N. The number of carbonyl (C=O) groups is 1. The van der Waals surface area contributed by atoms with Crippen LogP contribution in [0.5, 0.6) is 5.88 Å². The predicted octanol–water partition coefficient (Wildman–Crippen LogP) is 0.203. The number of nitrogens with two attached hydrogens (primary N) is 1. The highest BCUT2D eigenvalue weighted by molar-refractivity contribution is 5.71. The molecule has 0 unspecified atom stereocenters. The molecule has 0 saturated carbocycles. The molecule has 3 N–H and O–H groups in total. The average molecular weight is 155 g/mol. The number of imidazole rings is 1. The van der Waals surface area contributed by atoms with Crippen LogP contribution in [0.4, 0.5) is 5.82 Å². The number of hydrogen-bond donors (Lipinski definition) is 2. The van der Waals surface area contributed by atoms with Crippen molar-refractivity contribution < 1.29 is 9.53 Å². The van der Waals surface area contributed by atoms with Crippen LogP contribution >= 0.6 is 0 Å². The molecule has 0 bridgehead atoms. The van der Waals surface area contributed by atoms with Crippen molar-refractivity contribution in [3.05, 3.63) is 5.82 Å². The lowest BCUT2D eigenvalue weighted by Gasteiger charge is -1.96. The van der Waals surface area contributed by atoms with Crippen molar-refractivity contribution in [2.45, 2.75) is 6.92 Å². The van der Waals surface area contributed by atoms with Crippen LogP contribution in [-0.4, -0.2) is 22.9 Å². The molecule has 11 heavy (non-hydrogen) atoms. The molecule has 0 radical (unpaired) electrons. The Bertz CT molecular complexity index is 256. The fourth-order valence-electron chi connectivity index (χ4n) is 0.692. The Balaban J connectivity index is 2.87. The van der Waals surface area contributed by atoms with Crippen LogP contribution in [0.15, 0.2) is 0 Å². The number of aromatic nitrogens is 2. The van der Waals surface area contributed by atoms with Crippen molar-refractivity contribution in [3.63, 3.8) is 0 Å². The van der Waals surface area contributed by atoms with Gasteiger partial charge < -0.3 is 15.5 Å². The summed E-state index contributed by atoms with van der Waals surface area (Å²) in [6, 6.07) is 0. The minimum Gasteiger partial charge on any atom is -0.475 e. The van der Waals surface area contributed by atoms with Gasteiger partial charge in [-0.05, 0) is 6.92 Å². The number of anilines is 1. The van der Waals surface area contributed by atoms with E-state index >= 15 is 0 Å². The maximum absolute atomic E-state index is 10.2. The fraction of sp³-hybridized carbons (Fsp3) is 0.333. The summed E-state index contributed by atoms with van der Waals surface area (Å²) in [5, 5.41) is 0. The van der Waals surface area contributed by atoms with E-state index < -0.39 is 0 Å². The molecule has 0 fully saturated rings. The predicted molar refractivity (Wildman–Crippen MR) is 39.6 cm³/mol. The van der Waals surface area contributed by atoms with Crippen molar-refractivity contribution >= 4 is 12.1 Å². The third-order valence-corrected chi connectivity index (χ3v) is 1.11. The minimum atomic E-state index is 0.186. The molecule has 0 atom stereocenters. The van der Waals surface area contributed by atoms with Crippen LogP contribution in [0.1, 0.15) is 17.5 Å². The van der Waals surface area contributed by atoms with Crippen LogP contribution in [-0.2, 0) is 0 Å². The van der Waals surface area contributed by atoms with E-state index in [9.17, 15) is 4.79 Å². The van der Waals surface area contributed by atoms with E-state index in [4.69, 9.17) is 10.5 Å². The van der Waals surface area contributed by atoms with Crippen molar-refractivity contribution in [1.29, 1.82) is 0 Å². The van der Waals surface area contributed by atoms with Gasteiger partial charge >= 0.3 is 0 Å². The van der Waals surface area contributed by atoms with Gasteiger partial charge in [0.05, 0.1) is 6.61 Å². The number of aldehydes is 1. The summed E-state index contributed by atoms with van der Waals surface area (Å²) in [5.74, 6) is 0.759. The van der Waals surface area contributed by atoms with Gasteiger partial charge in [-0.15, -0.1) is 0 Å². The number of aromatic amines is 1. The van der Waals surface area contributed by atoms with E-state index in [0.717, 1.165) is 0 Å². The molecule has 60 valence electrons. The number of H-pyrrole nitrogens is 1. The topological polar surface area (TPSA) is 81.0 Å². The number of ether oxygens (including phenoxy) is 1. The third kappa shape index (κ3) is 1.49. The number of rotatable bonds is 3. The van der Waals surface area contributed by atoms with Gasteiger partial charge in [-0.25, -0.2) is 0 Å². The van der Waals surface area contributed by atoms with Gasteiger partial charge in [0.2, 0.25) is 0 Å². The highest BCUT2D eigenvalue weighted by Crippen LogP contribution is 2.15. The smallest absolute Gasteiger partial charge is 0.257 e. The zero-order valence-electron chi connectivity index (χ0n) is 6.13. The van der Waals surface area contributed by atoms with E-state index in [-0.39, 0.29) is 17.5 Å². The van der Waals surface area contributed by atoms with Gasteiger partial charge in [0.15, 0.2) is 17.9 Å². The average Bonchev–Trinajstić information content (AvgIpc) is 2.33. The quantitative estimate of drug-likeness (QED) is 0.611. The van der Waals surface area contributed by atoms with E-state index in [1.165, 1.54) is 0 Å². The highest BCUT2D eigenvalue weighted by Gasteiger charge is 2.05. The first-order valence-corrected chi connectivity index (χ1v) is 3.21. The van der Waals surface area contributed by atoms with Gasteiger partial charge in [0.25, 0.3) is 5.88 Å². The summed E-state index contributed by atoms with van der Waals surface area (Å²) in [4.78, 5) is 16.5. The summed E-state index contributed by atoms with van der Waals surface area (Å²) < 4.78 is 4.99. The second kappa shape index (κ2) is 3.05. The Morgan fingerprint density at radius 2 is 2.55 bits per heavy atom. The normalized spacial score (nSPS) is 9.55. The van der Waals surface area contributed by atoms with Gasteiger partial charge in [0.1, 0.15) is 0 Å². The molecule has 0 aromatic carbocycles. The Labute approximate surface area is 63.6 Å². The Kier molecular flexibility index (Phi) is 2.10. The highest BCUT2D eigenvalue weighted by atomic mass is 16.5. The maximum atomic E-state index is 10.2. The number of nitrogens with zero attached hydrogens (tertiary/aromatic N) is 1. The molecule has 1 heterocycles. The second-order valence-corrected chi connectivity index (χ2v) is 1.89. The summed E-state index contributed by atoms with van der Waals surface area (Å²) in [6.07, 6.45) is 0.582. The largest absolute Gasteiger partial charge is 0.475 e. The summed E-state index contributed by atoms with van der Waals surface area (Å²) >= 11 is 0. The summed E-state index contributed by atoms with van der Waals surface area (Å²) in [6.45, 7) is 2.29. The third-order valence-electron chi connectivity index (χ3n) is 1.11. The first-order chi connectivity index (χ1) is 5.27. The molecule has 0 amide bonds. The van der Waals surface area contributed by atoms with Crippen LogP contribution < -0.4 is 10.5 Å². The second-order valence-electron chi connectivity index (χ2n) is 1.89. The number of nitrogen functional groups attached to an aromatic ring is 1. The molecule has 0 aliphatic heterocycles. The van der Waals surface area contributed by atoms with Gasteiger partial charge in [-0.3, -0.25) is 4.79 Å². The monoisotopic (exact) mass is 155 g/mol. The Morgan fingerprint density at radius 3 is 3.00 bits per heavy atom. The number of carbonyl (C=O) groups excluding carboxylic acids is 1. The molecule has 0 saturated heterocycles. The standard InChI is InChI=1S/C6H9N3O2/c1-2-11-6-5(7)8-4(3-10)9-6/h3H,2,7H2,1H3,(H,8,9). The first-order valence-electron chi connectivity index (χ1n) is 3.21. The molecule has 1 rings (SSSR count). The maximum Gasteiger partial charge on any atom is 0.257 e. The Morgan fingerprint density at radius 1 is 1.82 bits per heavy atom. The number of nitrogens with one attached hydrogen (secondary N) is 1. The lowest BCUT2D eigenvalue weighted by atomic mass is 10.7. The zero-order valence-corrected chi connectivity index (χ0v) is 6.13. The van der Waals surface area contributed by atoms with Crippen molar-refractivity contribution in [1.82, 2.24) is 9.97 Å². The molecular formula is C6H9N3O2. The van der Waals surface area contributed by atoms with Crippen LogP contribution in [0.25, 0.3) is 0 Å².